The molecule has 0 fully saturated rings. The highest BCUT2D eigenvalue weighted by atomic mass is 19.4. The van der Waals surface area contributed by atoms with Gasteiger partial charge in [-0.2, -0.15) is 5.10 Å². The van der Waals surface area contributed by atoms with Crippen molar-refractivity contribution in [2.75, 3.05) is 5.73 Å². The van der Waals surface area contributed by atoms with Crippen LogP contribution in [0.4, 0.5) is 19.0 Å². The minimum absolute atomic E-state index is 0.00748. The molecule has 3 rings (SSSR count). The molecule has 0 saturated carbocycles. The van der Waals surface area contributed by atoms with Crippen LogP contribution in [-0.4, -0.2) is 22.1 Å². The number of amides is 1. The van der Waals surface area contributed by atoms with Gasteiger partial charge in [0.25, 0.3) is 5.91 Å². The van der Waals surface area contributed by atoms with Gasteiger partial charge in [0, 0.05) is 0 Å². The van der Waals surface area contributed by atoms with Crippen molar-refractivity contribution in [1.29, 1.82) is 0 Å². The van der Waals surface area contributed by atoms with Gasteiger partial charge in [0.2, 0.25) is 0 Å². The number of aromatic nitrogens is 2. The first-order chi connectivity index (χ1) is 15.6. The third-order valence-electron chi connectivity index (χ3n) is 4.97. The number of nitrogen functional groups attached to an aromatic ring is 1. The monoisotopic (exact) mass is 462 g/mol. The van der Waals surface area contributed by atoms with Crippen molar-refractivity contribution in [3.05, 3.63) is 77.0 Å². The lowest BCUT2D eigenvalue weighted by Gasteiger charge is -2.23. The predicted octanol–water partition coefficient (Wildman–Crippen LogP) is 4.43. The number of alkyl halides is 3. The molecule has 0 bridgehead atoms. The van der Waals surface area contributed by atoms with Gasteiger partial charge in [0.15, 0.2) is 0 Å². The van der Waals surface area contributed by atoms with E-state index in [0.717, 1.165) is 5.56 Å². The molecule has 0 aliphatic carbocycles. The molecule has 3 aromatic rings. The maximum Gasteiger partial charge on any atom is 0.573 e. The molecule has 0 aliphatic heterocycles. The van der Waals surface area contributed by atoms with Crippen molar-refractivity contribution in [2.24, 2.45) is 11.7 Å². The standard InChI is InChI=1S/C23H25F3N4O3/c1-14(2)20(16-8-10-17(11-9-16)33-23(24,25)26)30-21(27)19(22(28)31)18(29-30)13-32-12-15-6-4-3-5-7-15/h3-11,14,20H,12-13,27H2,1-2H3,(H2,28,31). The van der Waals surface area contributed by atoms with Crippen LogP contribution in [0.2, 0.25) is 0 Å². The molecule has 1 amide bonds. The van der Waals surface area contributed by atoms with Crippen LogP contribution in [0.5, 0.6) is 5.75 Å². The lowest BCUT2D eigenvalue weighted by Crippen LogP contribution is -2.21. The van der Waals surface area contributed by atoms with E-state index in [1.165, 1.54) is 28.9 Å². The first-order valence-corrected chi connectivity index (χ1v) is 10.2. The number of nitrogens with zero attached hydrogens (tertiary/aromatic N) is 2. The van der Waals surface area contributed by atoms with Crippen LogP contribution >= 0.6 is 0 Å². The zero-order chi connectivity index (χ0) is 24.2. The number of anilines is 1. The van der Waals surface area contributed by atoms with Crippen molar-refractivity contribution in [3.63, 3.8) is 0 Å². The Morgan fingerprint density at radius 1 is 1.06 bits per heavy atom. The largest absolute Gasteiger partial charge is 0.573 e. The summed E-state index contributed by atoms with van der Waals surface area (Å²) in [5, 5.41) is 4.50. The summed E-state index contributed by atoms with van der Waals surface area (Å²) in [7, 11) is 0. The molecule has 0 spiro atoms. The molecule has 0 radical (unpaired) electrons. The minimum atomic E-state index is -4.78. The molecular weight excluding hydrogens is 437 g/mol. The van der Waals surface area contributed by atoms with Gasteiger partial charge in [0.1, 0.15) is 22.8 Å². The van der Waals surface area contributed by atoms with Crippen LogP contribution in [0.1, 0.15) is 47.1 Å². The summed E-state index contributed by atoms with van der Waals surface area (Å²) in [4.78, 5) is 12.1. The first-order valence-electron chi connectivity index (χ1n) is 10.2. The van der Waals surface area contributed by atoms with E-state index in [2.05, 4.69) is 9.84 Å². The average Bonchev–Trinajstić information content (AvgIpc) is 3.05. The second-order valence-corrected chi connectivity index (χ2v) is 7.80. The van der Waals surface area contributed by atoms with Gasteiger partial charge < -0.3 is 20.9 Å². The minimum Gasteiger partial charge on any atom is -0.406 e. The SMILES string of the molecule is CC(C)C(c1ccc(OC(F)(F)F)cc1)n1nc(COCc2ccccc2)c(C(N)=O)c1N. The van der Waals surface area contributed by atoms with Gasteiger partial charge in [-0.3, -0.25) is 4.79 Å². The van der Waals surface area contributed by atoms with Crippen molar-refractivity contribution < 1.29 is 27.4 Å². The molecule has 0 aliphatic rings. The Morgan fingerprint density at radius 3 is 2.24 bits per heavy atom. The summed E-state index contributed by atoms with van der Waals surface area (Å²) in [6, 6.07) is 14.5. The summed E-state index contributed by atoms with van der Waals surface area (Å²) >= 11 is 0. The highest BCUT2D eigenvalue weighted by molar-refractivity contribution is 5.98. The Hall–Kier alpha value is -3.53. The van der Waals surface area contributed by atoms with Crippen LogP contribution in [0.15, 0.2) is 54.6 Å². The van der Waals surface area contributed by atoms with Gasteiger partial charge in [0.05, 0.1) is 19.3 Å². The number of carbonyl (C=O) groups is 1. The van der Waals surface area contributed by atoms with E-state index in [-0.39, 0.29) is 29.7 Å². The summed E-state index contributed by atoms with van der Waals surface area (Å²) < 4.78 is 48.5. The third kappa shape index (κ3) is 6.04. The summed E-state index contributed by atoms with van der Waals surface area (Å²) in [5.41, 5.74) is 13.7. The molecule has 1 unspecified atom stereocenters. The molecule has 2 aromatic carbocycles. The van der Waals surface area contributed by atoms with E-state index >= 15 is 0 Å². The van der Waals surface area contributed by atoms with Gasteiger partial charge in [-0.25, -0.2) is 4.68 Å². The van der Waals surface area contributed by atoms with E-state index in [9.17, 15) is 18.0 Å². The first kappa shape index (κ1) is 24.1. The fourth-order valence-corrected chi connectivity index (χ4v) is 3.59. The van der Waals surface area contributed by atoms with Crippen molar-refractivity contribution in [1.82, 2.24) is 9.78 Å². The molecule has 33 heavy (non-hydrogen) atoms. The lowest BCUT2D eigenvalue weighted by molar-refractivity contribution is -0.274. The topological polar surface area (TPSA) is 105 Å². The zero-order valence-electron chi connectivity index (χ0n) is 18.2. The highest BCUT2D eigenvalue weighted by Crippen LogP contribution is 2.33. The fraction of sp³-hybridized carbons (Fsp3) is 0.304. The number of rotatable bonds is 9. The Labute approximate surface area is 189 Å². The van der Waals surface area contributed by atoms with E-state index in [1.807, 2.05) is 44.2 Å². The van der Waals surface area contributed by atoms with Crippen LogP contribution < -0.4 is 16.2 Å². The maximum atomic E-state index is 12.5. The number of hydrogen-bond acceptors (Lipinski definition) is 5. The van der Waals surface area contributed by atoms with Crippen molar-refractivity contribution >= 4 is 11.7 Å². The van der Waals surface area contributed by atoms with Crippen LogP contribution in [-0.2, 0) is 18.0 Å². The second kappa shape index (κ2) is 9.95. The number of carbonyl (C=O) groups excluding carboxylic acids is 1. The number of halogens is 3. The fourth-order valence-electron chi connectivity index (χ4n) is 3.59. The van der Waals surface area contributed by atoms with E-state index < -0.39 is 18.3 Å². The Bertz CT molecular complexity index is 1080. The van der Waals surface area contributed by atoms with Crippen LogP contribution in [0.25, 0.3) is 0 Å². The number of primary amides is 1. The molecule has 4 N–H and O–H groups in total. The van der Waals surface area contributed by atoms with E-state index in [0.29, 0.717) is 17.9 Å². The van der Waals surface area contributed by atoms with Gasteiger partial charge >= 0.3 is 6.36 Å². The molecule has 1 heterocycles. The second-order valence-electron chi connectivity index (χ2n) is 7.80. The van der Waals surface area contributed by atoms with Crippen LogP contribution in [0.3, 0.4) is 0 Å². The average molecular weight is 462 g/mol. The molecule has 1 aromatic heterocycles. The maximum absolute atomic E-state index is 12.5. The Morgan fingerprint density at radius 2 is 1.70 bits per heavy atom. The number of ether oxygens (including phenoxy) is 2. The number of benzene rings is 2. The molecule has 1 atom stereocenters. The van der Waals surface area contributed by atoms with E-state index in [4.69, 9.17) is 16.2 Å². The third-order valence-corrected chi connectivity index (χ3v) is 4.97. The van der Waals surface area contributed by atoms with Gasteiger partial charge in [-0.15, -0.1) is 13.2 Å². The molecule has 10 heteroatoms. The zero-order valence-corrected chi connectivity index (χ0v) is 18.2. The molecule has 0 saturated heterocycles. The summed E-state index contributed by atoms with van der Waals surface area (Å²) in [6.07, 6.45) is -4.78. The molecular formula is C23H25F3N4O3. The smallest absolute Gasteiger partial charge is 0.406 e. The van der Waals surface area contributed by atoms with Crippen molar-refractivity contribution in [3.8, 4) is 5.75 Å². The predicted molar refractivity (Wildman–Crippen MR) is 116 cm³/mol. The Kier molecular flexibility index (Phi) is 7.27. The van der Waals surface area contributed by atoms with Crippen molar-refractivity contribution in [2.45, 2.75) is 39.5 Å². The Balaban J connectivity index is 1.88. The molecule has 7 nitrogen and oxygen atoms in total. The number of hydrogen-bond donors (Lipinski definition) is 2. The lowest BCUT2D eigenvalue weighted by atomic mass is 9.96. The summed E-state index contributed by atoms with van der Waals surface area (Å²) in [5.74, 6) is -1.08. The summed E-state index contributed by atoms with van der Waals surface area (Å²) in [6.45, 7) is 4.12. The molecule has 176 valence electrons. The van der Waals surface area contributed by atoms with Crippen LogP contribution in [0, 0.1) is 5.92 Å². The quantitative estimate of drug-likeness (QED) is 0.490. The van der Waals surface area contributed by atoms with Gasteiger partial charge in [-0.1, -0.05) is 56.3 Å². The normalized spacial score (nSPS) is 12.7. The van der Waals surface area contributed by atoms with Gasteiger partial charge in [-0.05, 0) is 29.2 Å². The van der Waals surface area contributed by atoms with E-state index in [1.54, 1.807) is 0 Å². The number of nitrogens with two attached hydrogens (primary N) is 2. The highest BCUT2D eigenvalue weighted by Gasteiger charge is 2.31.